The zero-order valence-corrected chi connectivity index (χ0v) is 20.1. The summed E-state index contributed by atoms with van der Waals surface area (Å²) in [7, 11) is 0. The van der Waals surface area contributed by atoms with Crippen LogP contribution in [-0.4, -0.2) is 30.1 Å². The van der Waals surface area contributed by atoms with Crippen LogP contribution in [0.25, 0.3) is 22.0 Å². The van der Waals surface area contributed by atoms with E-state index in [9.17, 15) is 9.59 Å². The predicted molar refractivity (Wildman–Crippen MR) is 135 cm³/mol. The quantitative estimate of drug-likeness (QED) is 0.457. The van der Waals surface area contributed by atoms with Gasteiger partial charge in [0.25, 0.3) is 5.56 Å². The number of piperidine rings is 1. The molecule has 0 spiro atoms. The zero-order chi connectivity index (χ0) is 23.5. The van der Waals surface area contributed by atoms with Crippen LogP contribution >= 0.6 is 11.6 Å². The van der Waals surface area contributed by atoms with Crippen LogP contribution in [0.2, 0.25) is 5.02 Å². The van der Waals surface area contributed by atoms with Gasteiger partial charge in [0.2, 0.25) is 5.91 Å². The first-order chi connectivity index (χ1) is 15.8. The van der Waals surface area contributed by atoms with Crippen LogP contribution in [-0.2, 0) is 4.79 Å². The second-order valence-corrected chi connectivity index (χ2v) is 9.28. The third-order valence-electron chi connectivity index (χ3n) is 6.00. The SMILES string of the molecule is CC(=O)Nc1cc2c(OCCC3CCCCN3)c(-c3cc(C)cc(C)c3)c(=O)[nH]c2cc1Cl. The third-order valence-corrected chi connectivity index (χ3v) is 6.31. The lowest BCUT2D eigenvalue weighted by Gasteiger charge is -2.24. The van der Waals surface area contributed by atoms with Crippen molar-refractivity contribution in [3.63, 3.8) is 0 Å². The number of carbonyl (C=O) groups excluding carboxylic acids is 1. The molecule has 1 unspecified atom stereocenters. The lowest BCUT2D eigenvalue weighted by Crippen LogP contribution is -2.35. The van der Waals surface area contributed by atoms with Crippen molar-refractivity contribution in [1.29, 1.82) is 0 Å². The number of aryl methyl sites for hydroxylation is 2. The fourth-order valence-corrected chi connectivity index (χ4v) is 4.79. The molecule has 2 aromatic carbocycles. The number of H-pyrrole nitrogens is 1. The smallest absolute Gasteiger partial charge is 0.260 e. The normalized spacial score (nSPS) is 16.1. The predicted octanol–water partition coefficient (Wildman–Crippen LogP) is 5.33. The van der Waals surface area contributed by atoms with Crippen LogP contribution in [0.3, 0.4) is 0 Å². The average Bonchev–Trinajstić information content (AvgIpc) is 2.74. The van der Waals surface area contributed by atoms with Crippen molar-refractivity contribution in [2.24, 2.45) is 0 Å². The first-order valence-electron chi connectivity index (χ1n) is 11.4. The number of fused-ring (bicyclic) bond motifs is 1. The fourth-order valence-electron chi connectivity index (χ4n) is 4.58. The summed E-state index contributed by atoms with van der Waals surface area (Å²) in [4.78, 5) is 27.9. The van der Waals surface area contributed by atoms with Crippen molar-refractivity contribution in [2.75, 3.05) is 18.5 Å². The number of benzene rings is 2. The number of anilines is 1. The molecule has 1 aliphatic heterocycles. The molecule has 3 N–H and O–H groups in total. The Labute approximate surface area is 198 Å². The standard InChI is InChI=1S/C26H30ClN3O3/c1-15-10-16(2)12-18(11-15)24-25(33-9-7-19-6-4-5-8-28-19)20-13-23(29-17(3)31)21(27)14-22(20)30-26(24)32/h10-14,19,28H,4-9H2,1-3H3,(H,29,31)(H,30,32). The summed E-state index contributed by atoms with van der Waals surface area (Å²) in [6, 6.07) is 9.90. The number of aromatic amines is 1. The molecule has 0 aliphatic carbocycles. The van der Waals surface area contributed by atoms with E-state index in [-0.39, 0.29) is 11.5 Å². The minimum Gasteiger partial charge on any atom is -0.492 e. The highest BCUT2D eigenvalue weighted by atomic mass is 35.5. The monoisotopic (exact) mass is 467 g/mol. The van der Waals surface area contributed by atoms with E-state index in [1.54, 1.807) is 12.1 Å². The molecule has 0 radical (unpaired) electrons. The first kappa shape index (κ1) is 23.3. The second kappa shape index (κ2) is 9.98. The van der Waals surface area contributed by atoms with Crippen LogP contribution < -0.4 is 20.9 Å². The molecular formula is C26H30ClN3O3. The van der Waals surface area contributed by atoms with E-state index in [4.69, 9.17) is 16.3 Å². The lowest BCUT2D eigenvalue weighted by molar-refractivity contribution is -0.114. The first-order valence-corrected chi connectivity index (χ1v) is 11.8. The van der Waals surface area contributed by atoms with Gasteiger partial charge in [-0.1, -0.05) is 47.3 Å². The molecule has 1 amide bonds. The van der Waals surface area contributed by atoms with Crippen molar-refractivity contribution in [3.05, 3.63) is 56.8 Å². The molecule has 1 atom stereocenters. The Balaban J connectivity index is 1.83. The molecule has 1 aromatic heterocycles. The molecule has 0 bridgehead atoms. The highest BCUT2D eigenvalue weighted by molar-refractivity contribution is 6.34. The number of carbonyl (C=O) groups is 1. The maximum absolute atomic E-state index is 13.3. The second-order valence-electron chi connectivity index (χ2n) is 8.88. The minimum absolute atomic E-state index is 0.221. The number of pyridine rings is 1. The number of hydrogen-bond donors (Lipinski definition) is 3. The summed E-state index contributed by atoms with van der Waals surface area (Å²) in [6.07, 6.45) is 4.41. The Hall–Kier alpha value is -2.83. The lowest BCUT2D eigenvalue weighted by atomic mass is 9.99. The van der Waals surface area contributed by atoms with Crippen LogP contribution in [0, 0.1) is 13.8 Å². The number of amides is 1. The summed E-state index contributed by atoms with van der Waals surface area (Å²) >= 11 is 6.37. The van der Waals surface area contributed by atoms with E-state index in [1.807, 2.05) is 26.0 Å². The number of rotatable bonds is 6. The van der Waals surface area contributed by atoms with Gasteiger partial charge < -0.3 is 20.4 Å². The van der Waals surface area contributed by atoms with Gasteiger partial charge in [0.05, 0.1) is 28.4 Å². The summed E-state index contributed by atoms with van der Waals surface area (Å²) in [5, 5.41) is 7.36. The minimum atomic E-state index is -0.235. The van der Waals surface area contributed by atoms with Crippen LogP contribution in [0.4, 0.5) is 5.69 Å². The van der Waals surface area contributed by atoms with Crippen LogP contribution in [0.1, 0.15) is 43.7 Å². The van der Waals surface area contributed by atoms with Gasteiger partial charge in [-0.05, 0) is 57.4 Å². The fraction of sp³-hybridized carbons (Fsp3) is 0.385. The van der Waals surface area contributed by atoms with Gasteiger partial charge in [-0.25, -0.2) is 0 Å². The zero-order valence-electron chi connectivity index (χ0n) is 19.3. The Morgan fingerprint density at radius 2 is 1.91 bits per heavy atom. The van der Waals surface area contributed by atoms with Gasteiger partial charge in [0, 0.05) is 18.4 Å². The van der Waals surface area contributed by atoms with Crippen molar-refractivity contribution in [2.45, 2.75) is 52.5 Å². The van der Waals surface area contributed by atoms with Crippen molar-refractivity contribution >= 4 is 34.1 Å². The van der Waals surface area contributed by atoms with E-state index in [0.717, 1.165) is 36.1 Å². The Morgan fingerprint density at radius 1 is 1.15 bits per heavy atom. The van der Waals surface area contributed by atoms with Crippen molar-refractivity contribution in [3.8, 4) is 16.9 Å². The molecule has 1 fully saturated rings. The summed E-state index contributed by atoms with van der Waals surface area (Å²) in [5.41, 5.74) is 4.24. The molecule has 0 saturated carbocycles. The molecule has 174 valence electrons. The molecule has 1 saturated heterocycles. The molecule has 3 aromatic rings. The molecule has 1 aliphatic rings. The average molecular weight is 468 g/mol. The Bertz CT molecular complexity index is 1230. The highest BCUT2D eigenvalue weighted by Crippen LogP contribution is 2.38. The largest absolute Gasteiger partial charge is 0.492 e. The van der Waals surface area contributed by atoms with Crippen LogP contribution in [0.5, 0.6) is 5.75 Å². The maximum Gasteiger partial charge on any atom is 0.260 e. The summed E-state index contributed by atoms with van der Waals surface area (Å²) < 4.78 is 6.35. The number of nitrogens with one attached hydrogen (secondary N) is 3. The maximum atomic E-state index is 13.3. The van der Waals surface area contributed by atoms with E-state index in [1.165, 1.54) is 19.8 Å². The molecule has 4 rings (SSSR count). The molecule has 6 nitrogen and oxygen atoms in total. The molecule has 7 heteroatoms. The number of ether oxygens (including phenoxy) is 1. The van der Waals surface area contributed by atoms with Gasteiger partial charge in [0.15, 0.2) is 0 Å². The van der Waals surface area contributed by atoms with Gasteiger partial charge in [-0.2, -0.15) is 0 Å². The molecule has 33 heavy (non-hydrogen) atoms. The topological polar surface area (TPSA) is 83.2 Å². The van der Waals surface area contributed by atoms with Crippen molar-refractivity contribution < 1.29 is 9.53 Å². The third kappa shape index (κ3) is 5.40. The Kier molecular flexibility index (Phi) is 7.05. The van der Waals surface area contributed by atoms with Gasteiger partial charge >= 0.3 is 0 Å². The molecular weight excluding hydrogens is 438 g/mol. The van der Waals surface area contributed by atoms with Gasteiger partial charge in [-0.15, -0.1) is 0 Å². The number of aromatic nitrogens is 1. The van der Waals surface area contributed by atoms with Gasteiger partial charge in [0.1, 0.15) is 5.75 Å². The van der Waals surface area contributed by atoms with Crippen molar-refractivity contribution in [1.82, 2.24) is 10.3 Å². The highest BCUT2D eigenvalue weighted by Gasteiger charge is 2.20. The molecule has 2 heterocycles. The summed E-state index contributed by atoms with van der Waals surface area (Å²) in [5.74, 6) is 0.291. The Morgan fingerprint density at radius 3 is 2.58 bits per heavy atom. The summed E-state index contributed by atoms with van der Waals surface area (Å²) in [6.45, 7) is 6.96. The number of halogens is 1. The van der Waals surface area contributed by atoms with Crippen LogP contribution in [0.15, 0.2) is 35.1 Å². The van der Waals surface area contributed by atoms with Gasteiger partial charge in [-0.3, -0.25) is 9.59 Å². The van der Waals surface area contributed by atoms with E-state index in [2.05, 4.69) is 21.7 Å². The van der Waals surface area contributed by atoms with E-state index < -0.39 is 0 Å². The van der Waals surface area contributed by atoms with E-state index in [0.29, 0.717) is 45.6 Å². The van der Waals surface area contributed by atoms with E-state index >= 15 is 0 Å². The number of hydrogen-bond acceptors (Lipinski definition) is 4.